The van der Waals surface area contributed by atoms with Gasteiger partial charge in [0.2, 0.25) is 0 Å². The molecule has 1 aromatic rings. The molecule has 1 aromatic carbocycles. The topological polar surface area (TPSA) is 55.6 Å². The molecule has 2 atom stereocenters. The maximum atomic E-state index is 11.6. The fourth-order valence-electron chi connectivity index (χ4n) is 2.82. The first kappa shape index (κ1) is 14.9. The molecule has 110 valence electrons. The van der Waals surface area contributed by atoms with Crippen LogP contribution in [-0.4, -0.2) is 31.7 Å². The third kappa shape index (κ3) is 3.97. The van der Waals surface area contributed by atoms with Crippen LogP contribution < -0.4 is 10.6 Å². The number of piperidine rings is 1. The molecule has 4 heteroatoms. The average molecular weight is 276 g/mol. The van der Waals surface area contributed by atoms with Gasteiger partial charge in [-0.25, -0.2) is 0 Å². The van der Waals surface area contributed by atoms with E-state index in [4.69, 9.17) is 10.5 Å². The van der Waals surface area contributed by atoms with E-state index in [9.17, 15) is 4.79 Å². The van der Waals surface area contributed by atoms with Crippen LogP contribution >= 0.6 is 0 Å². The van der Waals surface area contributed by atoms with Crippen LogP contribution in [0.1, 0.15) is 25.3 Å². The Labute approximate surface area is 120 Å². The van der Waals surface area contributed by atoms with Crippen LogP contribution in [0, 0.1) is 12.8 Å². The molecule has 1 heterocycles. The van der Waals surface area contributed by atoms with Gasteiger partial charge in [0.1, 0.15) is 0 Å². The number of hydrogen-bond donors (Lipinski definition) is 1. The van der Waals surface area contributed by atoms with Crippen LogP contribution in [0.4, 0.5) is 5.69 Å². The first-order chi connectivity index (χ1) is 9.58. The second-order valence-corrected chi connectivity index (χ2v) is 5.61. The smallest absolute Gasteiger partial charge is 0.306 e. The second kappa shape index (κ2) is 6.75. The number of nitrogens with two attached hydrogens (primary N) is 1. The molecule has 2 unspecified atom stereocenters. The molecule has 1 fully saturated rings. The van der Waals surface area contributed by atoms with Gasteiger partial charge in [0, 0.05) is 24.8 Å². The van der Waals surface area contributed by atoms with Crippen molar-refractivity contribution in [2.24, 2.45) is 11.7 Å². The molecule has 1 aliphatic rings. The predicted molar refractivity (Wildman–Crippen MR) is 80.7 cm³/mol. The highest BCUT2D eigenvalue weighted by Gasteiger charge is 2.27. The molecule has 0 bridgehead atoms. The van der Waals surface area contributed by atoms with Gasteiger partial charge in [-0.2, -0.15) is 0 Å². The van der Waals surface area contributed by atoms with E-state index in [-0.39, 0.29) is 17.9 Å². The van der Waals surface area contributed by atoms with Gasteiger partial charge in [-0.3, -0.25) is 4.79 Å². The summed E-state index contributed by atoms with van der Waals surface area (Å²) in [6, 6.07) is 8.57. The highest BCUT2D eigenvalue weighted by Crippen LogP contribution is 2.25. The first-order valence-corrected chi connectivity index (χ1v) is 7.31. The van der Waals surface area contributed by atoms with E-state index in [1.54, 1.807) is 0 Å². The molecule has 0 amide bonds. The highest BCUT2D eigenvalue weighted by atomic mass is 16.5. The summed E-state index contributed by atoms with van der Waals surface area (Å²) in [4.78, 5) is 13.9. The first-order valence-electron chi connectivity index (χ1n) is 7.31. The maximum absolute atomic E-state index is 11.6. The number of ether oxygens (including phenoxy) is 1. The van der Waals surface area contributed by atoms with Crippen LogP contribution in [-0.2, 0) is 9.53 Å². The van der Waals surface area contributed by atoms with E-state index in [0.717, 1.165) is 19.5 Å². The number of esters is 1. The Morgan fingerprint density at radius 1 is 1.35 bits per heavy atom. The summed E-state index contributed by atoms with van der Waals surface area (Å²) in [5, 5.41) is 0. The number of carbonyl (C=O) groups is 1. The summed E-state index contributed by atoms with van der Waals surface area (Å²) in [5.74, 6) is 0.162. The lowest BCUT2D eigenvalue weighted by Crippen LogP contribution is -2.47. The van der Waals surface area contributed by atoms with Crippen molar-refractivity contribution >= 4 is 11.7 Å². The van der Waals surface area contributed by atoms with Gasteiger partial charge in [-0.1, -0.05) is 17.7 Å². The zero-order chi connectivity index (χ0) is 14.5. The minimum atomic E-state index is -0.115. The van der Waals surface area contributed by atoms with Gasteiger partial charge in [-0.05, 0) is 38.3 Å². The Bertz CT molecular complexity index is 444. The van der Waals surface area contributed by atoms with Gasteiger partial charge < -0.3 is 15.4 Å². The van der Waals surface area contributed by atoms with Crippen LogP contribution in [0.2, 0.25) is 0 Å². The van der Waals surface area contributed by atoms with Crippen LogP contribution in [0.5, 0.6) is 0 Å². The molecule has 20 heavy (non-hydrogen) atoms. The minimum absolute atomic E-state index is 0.115. The SMILES string of the molecule is CCOC(=O)CC1CC(N)CN(c2ccc(C)cc2)C1. The van der Waals surface area contributed by atoms with E-state index in [2.05, 4.69) is 36.1 Å². The van der Waals surface area contributed by atoms with Crippen molar-refractivity contribution in [2.45, 2.75) is 32.7 Å². The van der Waals surface area contributed by atoms with Crippen molar-refractivity contribution in [1.82, 2.24) is 0 Å². The zero-order valence-corrected chi connectivity index (χ0v) is 12.3. The Morgan fingerprint density at radius 2 is 2.05 bits per heavy atom. The van der Waals surface area contributed by atoms with Gasteiger partial charge in [0.25, 0.3) is 0 Å². The number of benzene rings is 1. The monoisotopic (exact) mass is 276 g/mol. The number of anilines is 1. The van der Waals surface area contributed by atoms with Gasteiger partial charge >= 0.3 is 5.97 Å². The van der Waals surface area contributed by atoms with E-state index in [1.807, 2.05) is 6.92 Å². The Balaban J connectivity index is 2.00. The highest BCUT2D eigenvalue weighted by molar-refractivity contribution is 5.69. The molecule has 2 N–H and O–H groups in total. The molecule has 0 radical (unpaired) electrons. The number of rotatable bonds is 4. The summed E-state index contributed by atoms with van der Waals surface area (Å²) in [5.41, 5.74) is 8.57. The zero-order valence-electron chi connectivity index (χ0n) is 12.3. The summed E-state index contributed by atoms with van der Waals surface area (Å²) in [6.07, 6.45) is 1.35. The summed E-state index contributed by atoms with van der Waals surface area (Å²) >= 11 is 0. The number of carbonyl (C=O) groups excluding carboxylic acids is 1. The molecule has 1 aliphatic heterocycles. The minimum Gasteiger partial charge on any atom is -0.466 e. The predicted octanol–water partition coefficient (Wildman–Crippen LogP) is 2.10. The quantitative estimate of drug-likeness (QED) is 0.856. The fourth-order valence-corrected chi connectivity index (χ4v) is 2.82. The normalized spacial score (nSPS) is 22.6. The Hall–Kier alpha value is -1.55. The number of nitrogens with zero attached hydrogens (tertiary/aromatic N) is 1. The fraction of sp³-hybridized carbons (Fsp3) is 0.562. The molecule has 0 saturated carbocycles. The lowest BCUT2D eigenvalue weighted by molar-refractivity contribution is -0.144. The molecule has 4 nitrogen and oxygen atoms in total. The van der Waals surface area contributed by atoms with Crippen molar-refractivity contribution in [3.05, 3.63) is 29.8 Å². The van der Waals surface area contributed by atoms with Gasteiger partial charge in [0.15, 0.2) is 0 Å². The Kier molecular flexibility index (Phi) is 5.01. The average Bonchev–Trinajstić information content (AvgIpc) is 2.39. The molecule has 0 spiro atoms. The molecule has 2 rings (SSSR count). The van der Waals surface area contributed by atoms with Crippen molar-refractivity contribution in [2.75, 3.05) is 24.6 Å². The van der Waals surface area contributed by atoms with Gasteiger partial charge in [0.05, 0.1) is 13.0 Å². The summed E-state index contributed by atoms with van der Waals surface area (Å²) in [7, 11) is 0. The molecule has 1 saturated heterocycles. The lowest BCUT2D eigenvalue weighted by Gasteiger charge is -2.37. The van der Waals surface area contributed by atoms with Crippen molar-refractivity contribution < 1.29 is 9.53 Å². The second-order valence-electron chi connectivity index (χ2n) is 5.61. The standard InChI is InChI=1S/C16H24N2O2/c1-3-20-16(19)9-13-8-14(17)11-18(10-13)15-6-4-12(2)5-7-15/h4-7,13-14H,3,8-11,17H2,1-2H3. The molecule has 0 aliphatic carbocycles. The summed E-state index contributed by atoms with van der Waals surface area (Å²) < 4.78 is 5.04. The Morgan fingerprint density at radius 3 is 2.70 bits per heavy atom. The summed E-state index contributed by atoms with van der Waals surface area (Å²) in [6.45, 7) is 6.08. The van der Waals surface area contributed by atoms with Gasteiger partial charge in [-0.15, -0.1) is 0 Å². The lowest BCUT2D eigenvalue weighted by atomic mass is 9.91. The molecular weight excluding hydrogens is 252 g/mol. The number of aryl methyl sites for hydroxylation is 1. The van der Waals surface area contributed by atoms with E-state index >= 15 is 0 Å². The van der Waals surface area contributed by atoms with E-state index < -0.39 is 0 Å². The van der Waals surface area contributed by atoms with Crippen molar-refractivity contribution in [1.29, 1.82) is 0 Å². The van der Waals surface area contributed by atoms with Crippen molar-refractivity contribution in [3.8, 4) is 0 Å². The molecular formula is C16H24N2O2. The van der Waals surface area contributed by atoms with Crippen LogP contribution in [0.15, 0.2) is 24.3 Å². The van der Waals surface area contributed by atoms with E-state index in [1.165, 1.54) is 11.3 Å². The molecule has 0 aromatic heterocycles. The third-order valence-electron chi connectivity index (χ3n) is 3.73. The number of hydrogen-bond acceptors (Lipinski definition) is 4. The third-order valence-corrected chi connectivity index (χ3v) is 3.73. The van der Waals surface area contributed by atoms with E-state index in [0.29, 0.717) is 13.0 Å². The largest absolute Gasteiger partial charge is 0.466 e. The maximum Gasteiger partial charge on any atom is 0.306 e. The van der Waals surface area contributed by atoms with Crippen LogP contribution in [0.25, 0.3) is 0 Å². The van der Waals surface area contributed by atoms with Crippen molar-refractivity contribution in [3.63, 3.8) is 0 Å². The van der Waals surface area contributed by atoms with Crippen LogP contribution in [0.3, 0.4) is 0 Å².